The van der Waals surface area contributed by atoms with Crippen molar-refractivity contribution in [3.8, 4) is 72.4 Å². The summed E-state index contributed by atoms with van der Waals surface area (Å²) in [6, 6.07) is 54.3. The molecule has 0 amide bonds. The van der Waals surface area contributed by atoms with Crippen molar-refractivity contribution < 1.29 is 38.1 Å². The van der Waals surface area contributed by atoms with Crippen LogP contribution in [0.15, 0.2) is 194 Å². The number of carbonyl (C=O) groups is 4. The van der Waals surface area contributed by atoms with E-state index in [0.29, 0.717) is 44.5 Å². The molecule has 0 bridgehead atoms. The molecule has 0 radical (unpaired) electrons. The Hall–Kier alpha value is -10.1. The fourth-order valence-electron chi connectivity index (χ4n) is 7.70. The molecular weight excluding hydrogens is 861 g/mol. The van der Waals surface area contributed by atoms with Crippen molar-refractivity contribution in [3.05, 3.63) is 261 Å². The van der Waals surface area contributed by atoms with Crippen molar-refractivity contribution in [1.29, 1.82) is 0 Å². The zero-order valence-corrected chi connectivity index (χ0v) is 36.6. The standard InChI is InChI=1S/C61H36O8/c1-5-41-13-9-17-45(37-41)57(62)66-53-29-21-49(22-30-53)61(50-23-31-54(32-24-50)67-58(63)46-18-10-14-42(6-2)38-46,51-25-33-55(34-26-51)68-59(64)47-19-11-15-43(7-3)39-47)52-27-35-56(36-28-52)69-60(65)48-20-12-16-44(8-4)40-48/h1-4,9-40H. The SMILES string of the molecule is C#Cc1cccc(C(=O)Oc2ccc(C(c3ccc(OC(=O)c4cccc(C#C)c4)cc3)(c3ccc(OC(=O)c4cccc(C#C)c4)cc3)c3ccc(OC(=O)c4cccc(C#C)c4)cc3)cc2)c1. The first-order valence-corrected chi connectivity index (χ1v) is 21.2. The molecule has 0 aliphatic heterocycles. The zero-order valence-electron chi connectivity index (χ0n) is 36.6. The van der Waals surface area contributed by atoms with E-state index in [1.165, 1.54) is 0 Å². The van der Waals surface area contributed by atoms with E-state index in [4.69, 9.17) is 44.6 Å². The molecule has 8 rings (SSSR count). The Bertz CT molecular complexity index is 2960. The molecule has 8 heteroatoms. The van der Waals surface area contributed by atoms with Gasteiger partial charge in [0, 0.05) is 22.3 Å². The van der Waals surface area contributed by atoms with Crippen LogP contribution >= 0.6 is 0 Å². The lowest BCUT2D eigenvalue weighted by atomic mass is 9.65. The van der Waals surface area contributed by atoms with Crippen LogP contribution in [0.3, 0.4) is 0 Å². The maximum absolute atomic E-state index is 13.3. The molecule has 0 fully saturated rings. The van der Waals surface area contributed by atoms with Crippen LogP contribution in [0.4, 0.5) is 0 Å². The van der Waals surface area contributed by atoms with Crippen molar-refractivity contribution in [1.82, 2.24) is 0 Å². The Balaban J connectivity index is 1.23. The molecule has 0 aliphatic carbocycles. The lowest BCUT2D eigenvalue weighted by Gasteiger charge is -2.37. The fourth-order valence-corrected chi connectivity index (χ4v) is 7.70. The maximum Gasteiger partial charge on any atom is 0.343 e. The minimum atomic E-state index is -1.21. The molecule has 8 aromatic carbocycles. The first-order chi connectivity index (χ1) is 33.6. The normalized spacial score (nSPS) is 10.5. The van der Waals surface area contributed by atoms with Crippen molar-refractivity contribution in [3.63, 3.8) is 0 Å². The van der Waals surface area contributed by atoms with Crippen LogP contribution in [0.5, 0.6) is 23.0 Å². The van der Waals surface area contributed by atoms with Crippen molar-refractivity contribution in [2.45, 2.75) is 5.41 Å². The molecule has 328 valence electrons. The second-order valence-electron chi connectivity index (χ2n) is 15.3. The van der Waals surface area contributed by atoms with E-state index in [-0.39, 0.29) is 45.3 Å². The number of hydrogen-bond donors (Lipinski definition) is 0. The van der Waals surface area contributed by atoms with Crippen LogP contribution < -0.4 is 18.9 Å². The van der Waals surface area contributed by atoms with Gasteiger partial charge in [-0.3, -0.25) is 0 Å². The van der Waals surface area contributed by atoms with Gasteiger partial charge in [-0.2, -0.15) is 0 Å². The van der Waals surface area contributed by atoms with E-state index in [2.05, 4.69) is 23.7 Å². The molecule has 0 aliphatic rings. The van der Waals surface area contributed by atoms with Gasteiger partial charge in [-0.1, -0.05) is 96.5 Å². The van der Waals surface area contributed by atoms with Gasteiger partial charge in [0.05, 0.1) is 27.7 Å². The van der Waals surface area contributed by atoms with E-state index < -0.39 is 29.3 Å². The maximum atomic E-state index is 13.3. The third-order valence-electron chi connectivity index (χ3n) is 11.1. The Kier molecular flexibility index (Phi) is 13.4. The first-order valence-electron chi connectivity index (χ1n) is 21.2. The number of benzene rings is 8. The molecule has 0 aromatic heterocycles. The smallest absolute Gasteiger partial charge is 0.343 e. The van der Waals surface area contributed by atoms with Gasteiger partial charge in [0.15, 0.2) is 0 Å². The largest absolute Gasteiger partial charge is 0.423 e. The zero-order chi connectivity index (χ0) is 48.3. The third kappa shape index (κ3) is 10.1. The molecule has 0 saturated heterocycles. The van der Waals surface area contributed by atoms with Crippen LogP contribution in [0, 0.1) is 49.4 Å². The summed E-state index contributed by atoms with van der Waals surface area (Å²) >= 11 is 0. The Morgan fingerprint density at radius 3 is 0.696 bits per heavy atom. The van der Waals surface area contributed by atoms with Gasteiger partial charge in [-0.25, -0.2) is 19.2 Å². The van der Waals surface area contributed by atoms with Crippen molar-refractivity contribution in [2.75, 3.05) is 0 Å². The van der Waals surface area contributed by atoms with Gasteiger partial charge >= 0.3 is 23.9 Å². The number of hydrogen-bond acceptors (Lipinski definition) is 8. The van der Waals surface area contributed by atoms with E-state index in [1.54, 1.807) is 146 Å². The molecule has 0 unspecified atom stereocenters. The van der Waals surface area contributed by atoms with Crippen LogP contribution in [0.25, 0.3) is 0 Å². The second kappa shape index (κ2) is 20.4. The number of terminal acetylenes is 4. The van der Waals surface area contributed by atoms with Gasteiger partial charge in [-0.05, 0) is 144 Å². The van der Waals surface area contributed by atoms with Crippen LogP contribution in [-0.4, -0.2) is 23.9 Å². The van der Waals surface area contributed by atoms with Gasteiger partial charge in [-0.15, -0.1) is 25.7 Å². The van der Waals surface area contributed by atoms with E-state index in [1.807, 2.05) is 48.5 Å². The van der Waals surface area contributed by atoms with Gasteiger partial charge in [0.25, 0.3) is 0 Å². The second-order valence-corrected chi connectivity index (χ2v) is 15.3. The van der Waals surface area contributed by atoms with Gasteiger partial charge in [0.1, 0.15) is 23.0 Å². The molecule has 0 atom stereocenters. The van der Waals surface area contributed by atoms with E-state index in [9.17, 15) is 19.2 Å². The summed E-state index contributed by atoms with van der Waals surface area (Å²) in [5.74, 6) is 8.73. The lowest BCUT2D eigenvalue weighted by Crippen LogP contribution is -2.31. The Morgan fingerprint density at radius 2 is 0.507 bits per heavy atom. The van der Waals surface area contributed by atoms with E-state index in [0.717, 1.165) is 0 Å². The Labute approximate surface area is 399 Å². The molecule has 8 nitrogen and oxygen atoms in total. The van der Waals surface area contributed by atoms with Gasteiger partial charge < -0.3 is 18.9 Å². The Morgan fingerprint density at radius 1 is 0.304 bits per heavy atom. The fraction of sp³-hybridized carbons (Fsp3) is 0.0164. The number of carbonyl (C=O) groups excluding carboxylic acids is 4. The summed E-state index contributed by atoms with van der Waals surface area (Å²) in [5, 5.41) is 0. The summed E-state index contributed by atoms with van der Waals surface area (Å²) in [6.07, 6.45) is 22.3. The number of esters is 4. The molecule has 0 N–H and O–H groups in total. The minimum Gasteiger partial charge on any atom is -0.423 e. The highest BCUT2D eigenvalue weighted by molar-refractivity contribution is 5.93. The quantitative estimate of drug-likeness (QED) is 0.0517. The summed E-state index contributed by atoms with van der Waals surface area (Å²) in [7, 11) is 0. The van der Waals surface area contributed by atoms with E-state index >= 15 is 0 Å². The minimum absolute atomic E-state index is 0.257. The predicted octanol–water partition coefficient (Wildman–Crippen LogP) is 10.9. The van der Waals surface area contributed by atoms with Gasteiger partial charge in [0.2, 0.25) is 0 Å². The molecule has 0 heterocycles. The molecule has 0 spiro atoms. The number of rotatable bonds is 12. The average molecular weight is 897 g/mol. The first kappa shape index (κ1) is 45.4. The van der Waals surface area contributed by atoms with Crippen LogP contribution in [-0.2, 0) is 5.41 Å². The van der Waals surface area contributed by atoms with Crippen LogP contribution in [0.1, 0.15) is 85.9 Å². The predicted molar refractivity (Wildman–Crippen MR) is 262 cm³/mol. The van der Waals surface area contributed by atoms with Crippen molar-refractivity contribution >= 4 is 23.9 Å². The molecule has 0 saturated carbocycles. The summed E-state index contributed by atoms with van der Waals surface area (Å²) in [4.78, 5) is 53.2. The lowest BCUT2D eigenvalue weighted by molar-refractivity contribution is 0.0725. The third-order valence-corrected chi connectivity index (χ3v) is 11.1. The summed E-state index contributed by atoms with van der Waals surface area (Å²) in [5.41, 5.74) is 4.80. The highest BCUT2D eigenvalue weighted by Gasteiger charge is 2.39. The molecule has 8 aromatic rings. The highest BCUT2D eigenvalue weighted by atomic mass is 16.5. The monoisotopic (exact) mass is 896 g/mol. The summed E-state index contributed by atoms with van der Waals surface area (Å²) < 4.78 is 23.2. The molecular formula is C61H36O8. The highest BCUT2D eigenvalue weighted by Crippen LogP contribution is 2.47. The number of ether oxygens (including phenoxy) is 4. The summed E-state index contributed by atoms with van der Waals surface area (Å²) in [6.45, 7) is 0. The average Bonchev–Trinajstić information content (AvgIpc) is 3.40. The van der Waals surface area contributed by atoms with Crippen LogP contribution in [0.2, 0.25) is 0 Å². The molecule has 69 heavy (non-hydrogen) atoms. The van der Waals surface area contributed by atoms with Crippen molar-refractivity contribution in [2.24, 2.45) is 0 Å². The topological polar surface area (TPSA) is 105 Å².